The first-order chi connectivity index (χ1) is 8.77. The van der Waals surface area contributed by atoms with E-state index in [-0.39, 0.29) is 0 Å². The SMILES string of the molecule is CCCCN=C(C)c1cc(OC)c2n1CCCC2. The number of hydrogen-bond donors (Lipinski definition) is 0. The van der Waals surface area contributed by atoms with E-state index in [2.05, 4.69) is 29.5 Å². The van der Waals surface area contributed by atoms with E-state index >= 15 is 0 Å². The van der Waals surface area contributed by atoms with Crippen LogP contribution in [0.15, 0.2) is 11.1 Å². The highest BCUT2D eigenvalue weighted by Crippen LogP contribution is 2.29. The summed E-state index contributed by atoms with van der Waals surface area (Å²) in [7, 11) is 1.76. The molecule has 0 aromatic carbocycles. The molecule has 0 saturated heterocycles. The molecule has 0 amide bonds. The molecule has 100 valence electrons. The standard InChI is InChI=1S/C15H24N2O/c1-4-5-9-16-12(2)14-11-15(18-3)13-8-6-7-10-17(13)14/h11H,4-10H2,1-3H3. The summed E-state index contributed by atoms with van der Waals surface area (Å²) in [6.07, 6.45) is 6.03. The molecule has 3 heteroatoms. The molecule has 0 spiro atoms. The lowest BCUT2D eigenvalue weighted by Crippen LogP contribution is -2.15. The zero-order valence-corrected chi connectivity index (χ0v) is 11.8. The van der Waals surface area contributed by atoms with Gasteiger partial charge in [-0.3, -0.25) is 4.99 Å². The Morgan fingerprint density at radius 3 is 3.00 bits per heavy atom. The van der Waals surface area contributed by atoms with Crippen molar-refractivity contribution < 1.29 is 4.74 Å². The molecule has 0 saturated carbocycles. The predicted octanol–water partition coefficient (Wildman–Crippen LogP) is 3.44. The van der Waals surface area contributed by atoms with Gasteiger partial charge in [-0.1, -0.05) is 13.3 Å². The van der Waals surface area contributed by atoms with Gasteiger partial charge >= 0.3 is 0 Å². The molecule has 0 N–H and O–H groups in total. The Morgan fingerprint density at radius 1 is 1.44 bits per heavy atom. The van der Waals surface area contributed by atoms with Gasteiger partial charge in [-0.15, -0.1) is 0 Å². The summed E-state index contributed by atoms with van der Waals surface area (Å²) in [4.78, 5) is 4.68. The summed E-state index contributed by atoms with van der Waals surface area (Å²) in [5, 5.41) is 0. The van der Waals surface area contributed by atoms with Crippen molar-refractivity contribution in [2.75, 3.05) is 13.7 Å². The van der Waals surface area contributed by atoms with Crippen molar-refractivity contribution in [1.29, 1.82) is 0 Å². The number of fused-ring (bicyclic) bond motifs is 1. The van der Waals surface area contributed by atoms with Crippen LogP contribution in [0.25, 0.3) is 0 Å². The van der Waals surface area contributed by atoms with Crippen LogP contribution in [-0.2, 0) is 13.0 Å². The van der Waals surface area contributed by atoms with Crippen LogP contribution in [0.3, 0.4) is 0 Å². The predicted molar refractivity (Wildman–Crippen MR) is 75.9 cm³/mol. The van der Waals surface area contributed by atoms with Gasteiger partial charge in [0, 0.05) is 19.2 Å². The number of nitrogens with zero attached hydrogens (tertiary/aromatic N) is 2. The van der Waals surface area contributed by atoms with Gasteiger partial charge in [-0.05, 0) is 32.6 Å². The Balaban J connectivity index is 2.27. The van der Waals surface area contributed by atoms with Crippen LogP contribution >= 0.6 is 0 Å². The van der Waals surface area contributed by atoms with Crippen LogP contribution in [0, 0.1) is 0 Å². The zero-order valence-electron chi connectivity index (χ0n) is 11.8. The Kier molecular flexibility index (Phi) is 4.45. The second kappa shape index (κ2) is 6.07. The quantitative estimate of drug-likeness (QED) is 0.579. The Hall–Kier alpha value is -1.25. The molecule has 0 bridgehead atoms. The molecule has 1 aliphatic rings. The number of methoxy groups -OCH3 is 1. The van der Waals surface area contributed by atoms with E-state index in [1.807, 2.05) is 0 Å². The summed E-state index contributed by atoms with van der Waals surface area (Å²) in [5.41, 5.74) is 3.75. The van der Waals surface area contributed by atoms with E-state index in [1.165, 1.54) is 37.1 Å². The van der Waals surface area contributed by atoms with Gasteiger partial charge in [0.2, 0.25) is 0 Å². The third-order valence-electron chi connectivity index (χ3n) is 3.67. The molecular formula is C15H24N2O. The number of aromatic nitrogens is 1. The number of rotatable bonds is 5. The van der Waals surface area contributed by atoms with Gasteiger partial charge in [0.25, 0.3) is 0 Å². The molecule has 1 aromatic heterocycles. The molecule has 0 aliphatic carbocycles. The van der Waals surface area contributed by atoms with Gasteiger partial charge in [0.1, 0.15) is 5.75 Å². The maximum atomic E-state index is 5.49. The van der Waals surface area contributed by atoms with E-state index in [0.717, 1.165) is 31.0 Å². The lowest BCUT2D eigenvalue weighted by molar-refractivity contribution is 0.399. The van der Waals surface area contributed by atoms with Crippen LogP contribution in [0.1, 0.15) is 50.9 Å². The highest BCUT2D eigenvalue weighted by Gasteiger charge is 2.19. The number of ether oxygens (including phenoxy) is 1. The second-order valence-electron chi connectivity index (χ2n) is 4.97. The highest BCUT2D eigenvalue weighted by molar-refractivity contribution is 5.98. The molecule has 0 atom stereocenters. The van der Waals surface area contributed by atoms with Gasteiger partial charge < -0.3 is 9.30 Å². The van der Waals surface area contributed by atoms with Crippen molar-refractivity contribution in [1.82, 2.24) is 4.57 Å². The molecule has 18 heavy (non-hydrogen) atoms. The first-order valence-corrected chi connectivity index (χ1v) is 7.05. The fourth-order valence-corrected chi connectivity index (χ4v) is 2.60. The van der Waals surface area contributed by atoms with Crippen molar-refractivity contribution in [2.45, 2.75) is 52.5 Å². The summed E-state index contributed by atoms with van der Waals surface area (Å²) in [5.74, 6) is 1.04. The number of aliphatic imine (C=N–C) groups is 1. The monoisotopic (exact) mass is 248 g/mol. The van der Waals surface area contributed by atoms with Gasteiger partial charge in [-0.25, -0.2) is 0 Å². The molecule has 0 fully saturated rings. The van der Waals surface area contributed by atoms with Crippen molar-refractivity contribution >= 4 is 5.71 Å². The molecule has 1 aliphatic heterocycles. The summed E-state index contributed by atoms with van der Waals surface area (Å²) in [6, 6.07) is 2.16. The summed E-state index contributed by atoms with van der Waals surface area (Å²) in [6.45, 7) is 6.36. The molecule has 0 radical (unpaired) electrons. The average Bonchev–Trinajstić information content (AvgIpc) is 2.78. The Labute approximate surface area is 110 Å². The molecular weight excluding hydrogens is 224 g/mol. The maximum absolute atomic E-state index is 5.49. The van der Waals surface area contributed by atoms with E-state index in [1.54, 1.807) is 7.11 Å². The number of hydrogen-bond acceptors (Lipinski definition) is 2. The first kappa shape index (κ1) is 13.2. The summed E-state index contributed by atoms with van der Waals surface area (Å²) < 4.78 is 7.89. The van der Waals surface area contributed by atoms with Gasteiger partial charge in [0.05, 0.1) is 24.2 Å². The minimum Gasteiger partial charge on any atom is -0.495 e. The third-order valence-corrected chi connectivity index (χ3v) is 3.67. The Morgan fingerprint density at radius 2 is 2.28 bits per heavy atom. The van der Waals surface area contributed by atoms with Crippen LogP contribution in [0.4, 0.5) is 0 Å². The topological polar surface area (TPSA) is 26.5 Å². The first-order valence-electron chi connectivity index (χ1n) is 7.05. The summed E-state index contributed by atoms with van der Waals surface area (Å²) >= 11 is 0. The fourth-order valence-electron chi connectivity index (χ4n) is 2.60. The molecule has 2 rings (SSSR count). The molecule has 1 aromatic rings. The van der Waals surface area contributed by atoms with Crippen LogP contribution in [0.5, 0.6) is 5.75 Å². The van der Waals surface area contributed by atoms with Crippen LogP contribution in [0.2, 0.25) is 0 Å². The molecule has 0 unspecified atom stereocenters. The fraction of sp³-hybridized carbons (Fsp3) is 0.667. The van der Waals surface area contributed by atoms with Gasteiger partial charge in [0.15, 0.2) is 0 Å². The van der Waals surface area contributed by atoms with E-state index < -0.39 is 0 Å². The van der Waals surface area contributed by atoms with Crippen molar-refractivity contribution in [3.05, 3.63) is 17.5 Å². The molecule has 2 heterocycles. The van der Waals surface area contributed by atoms with Crippen molar-refractivity contribution in [2.24, 2.45) is 4.99 Å². The Bertz CT molecular complexity index is 432. The third kappa shape index (κ3) is 2.60. The lowest BCUT2D eigenvalue weighted by Gasteiger charge is -2.18. The van der Waals surface area contributed by atoms with E-state index in [4.69, 9.17) is 4.74 Å². The van der Waals surface area contributed by atoms with Crippen LogP contribution in [-0.4, -0.2) is 23.9 Å². The second-order valence-corrected chi connectivity index (χ2v) is 4.97. The van der Waals surface area contributed by atoms with Crippen molar-refractivity contribution in [3.63, 3.8) is 0 Å². The largest absolute Gasteiger partial charge is 0.495 e. The van der Waals surface area contributed by atoms with E-state index in [0.29, 0.717) is 0 Å². The lowest BCUT2D eigenvalue weighted by atomic mass is 10.1. The highest BCUT2D eigenvalue weighted by atomic mass is 16.5. The van der Waals surface area contributed by atoms with Crippen LogP contribution < -0.4 is 4.74 Å². The normalized spacial score (nSPS) is 15.6. The smallest absolute Gasteiger partial charge is 0.140 e. The average molecular weight is 248 g/mol. The minimum atomic E-state index is 0.936. The van der Waals surface area contributed by atoms with Gasteiger partial charge in [-0.2, -0.15) is 0 Å². The molecule has 3 nitrogen and oxygen atoms in total. The zero-order chi connectivity index (χ0) is 13.0. The van der Waals surface area contributed by atoms with Crippen molar-refractivity contribution in [3.8, 4) is 5.75 Å². The van der Waals surface area contributed by atoms with E-state index in [9.17, 15) is 0 Å². The maximum Gasteiger partial charge on any atom is 0.140 e. The number of unbranched alkanes of at least 4 members (excludes halogenated alkanes) is 1. The minimum absolute atomic E-state index is 0.936.